The fourth-order valence-corrected chi connectivity index (χ4v) is 2.85. The summed E-state index contributed by atoms with van der Waals surface area (Å²) >= 11 is 0. The maximum absolute atomic E-state index is 12.8. The Kier molecular flexibility index (Phi) is 3.92. The number of nitrogens with zero attached hydrogens (tertiary/aromatic N) is 2. The van der Waals surface area contributed by atoms with E-state index in [0.29, 0.717) is 36.2 Å². The van der Waals surface area contributed by atoms with Gasteiger partial charge in [0.15, 0.2) is 0 Å². The molecule has 0 bridgehead atoms. The van der Waals surface area contributed by atoms with Crippen molar-refractivity contribution in [3.63, 3.8) is 0 Å². The molecule has 2 fully saturated rings. The van der Waals surface area contributed by atoms with E-state index in [1.807, 2.05) is 4.90 Å². The molecule has 1 aliphatic heterocycles. The van der Waals surface area contributed by atoms with Gasteiger partial charge in [-0.05, 0) is 25.0 Å². The quantitative estimate of drug-likeness (QED) is 0.837. The van der Waals surface area contributed by atoms with Gasteiger partial charge in [-0.15, -0.1) is 0 Å². The maximum atomic E-state index is 12.8. The van der Waals surface area contributed by atoms with Crippen molar-refractivity contribution in [2.24, 2.45) is 0 Å². The molecule has 6 nitrogen and oxygen atoms in total. The number of benzene rings is 1. The van der Waals surface area contributed by atoms with Crippen LogP contribution in [0, 0.1) is 0 Å². The lowest BCUT2D eigenvalue weighted by Crippen LogP contribution is -2.53. The predicted octanol–water partition coefficient (Wildman–Crippen LogP) is 1.15. The maximum Gasteiger partial charge on any atom is 0.261 e. The highest BCUT2D eigenvalue weighted by atomic mass is 16.5. The smallest absolute Gasteiger partial charge is 0.261 e. The van der Waals surface area contributed by atoms with Crippen molar-refractivity contribution in [2.75, 3.05) is 33.9 Å². The molecule has 2 aliphatic rings. The van der Waals surface area contributed by atoms with Crippen LogP contribution in [0.15, 0.2) is 18.2 Å². The van der Waals surface area contributed by atoms with E-state index in [9.17, 15) is 9.59 Å². The SMILES string of the molecule is COc1cccc(OC)c1C(=O)N1CCN(C2CC2)C(=O)C1. The van der Waals surface area contributed by atoms with E-state index in [1.165, 1.54) is 14.2 Å². The first kappa shape index (κ1) is 14.7. The van der Waals surface area contributed by atoms with Crippen LogP contribution in [0.1, 0.15) is 23.2 Å². The van der Waals surface area contributed by atoms with E-state index in [2.05, 4.69) is 0 Å². The van der Waals surface area contributed by atoms with Gasteiger partial charge in [0.05, 0.1) is 14.2 Å². The first-order chi connectivity index (χ1) is 10.7. The van der Waals surface area contributed by atoms with E-state index >= 15 is 0 Å². The highest BCUT2D eigenvalue weighted by Crippen LogP contribution is 2.31. The summed E-state index contributed by atoms with van der Waals surface area (Å²) in [6.07, 6.45) is 2.17. The standard InChI is InChI=1S/C16H20N2O4/c1-21-12-4-3-5-13(22-2)15(12)16(20)17-8-9-18(11-6-7-11)14(19)10-17/h3-5,11H,6-10H2,1-2H3. The summed E-state index contributed by atoms with van der Waals surface area (Å²) in [5, 5.41) is 0. The average Bonchev–Trinajstić information content (AvgIpc) is 3.38. The third kappa shape index (κ3) is 2.61. The lowest BCUT2D eigenvalue weighted by molar-refractivity contribution is -0.135. The van der Waals surface area contributed by atoms with Crippen molar-refractivity contribution in [2.45, 2.75) is 18.9 Å². The number of piperazine rings is 1. The van der Waals surface area contributed by atoms with Gasteiger partial charge in [-0.2, -0.15) is 0 Å². The van der Waals surface area contributed by atoms with Crippen LogP contribution in [0.5, 0.6) is 11.5 Å². The number of methoxy groups -OCH3 is 2. The largest absolute Gasteiger partial charge is 0.496 e. The second kappa shape index (κ2) is 5.87. The minimum Gasteiger partial charge on any atom is -0.496 e. The fraction of sp³-hybridized carbons (Fsp3) is 0.500. The molecule has 2 amide bonds. The van der Waals surface area contributed by atoms with E-state index in [4.69, 9.17) is 9.47 Å². The summed E-state index contributed by atoms with van der Waals surface area (Å²) in [4.78, 5) is 28.5. The lowest BCUT2D eigenvalue weighted by atomic mass is 10.1. The third-order valence-electron chi connectivity index (χ3n) is 4.17. The van der Waals surface area contributed by atoms with Gasteiger partial charge in [-0.1, -0.05) is 6.07 Å². The molecular formula is C16H20N2O4. The van der Waals surface area contributed by atoms with Crippen molar-refractivity contribution < 1.29 is 19.1 Å². The Morgan fingerprint density at radius 2 is 1.77 bits per heavy atom. The zero-order valence-corrected chi connectivity index (χ0v) is 12.9. The van der Waals surface area contributed by atoms with Crippen LogP contribution >= 0.6 is 0 Å². The molecule has 22 heavy (non-hydrogen) atoms. The van der Waals surface area contributed by atoms with Crippen molar-refractivity contribution in [1.82, 2.24) is 9.80 Å². The van der Waals surface area contributed by atoms with Crippen LogP contribution < -0.4 is 9.47 Å². The number of amides is 2. The molecule has 0 radical (unpaired) electrons. The molecule has 118 valence electrons. The Hall–Kier alpha value is -2.24. The van der Waals surface area contributed by atoms with Gasteiger partial charge in [0.1, 0.15) is 23.6 Å². The fourth-order valence-electron chi connectivity index (χ4n) is 2.85. The van der Waals surface area contributed by atoms with Crippen molar-refractivity contribution in [3.05, 3.63) is 23.8 Å². The molecule has 0 N–H and O–H groups in total. The van der Waals surface area contributed by atoms with Crippen LogP contribution in [-0.4, -0.2) is 61.5 Å². The second-order valence-electron chi connectivity index (χ2n) is 5.58. The number of rotatable bonds is 4. The molecule has 1 heterocycles. The van der Waals surface area contributed by atoms with Crippen LogP contribution in [0.25, 0.3) is 0 Å². The summed E-state index contributed by atoms with van der Waals surface area (Å²) in [6.45, 7) is 1.27. The van der Waals surface area contributed by atoms with Gasteiger partial charge in [0.2, 0.25) is 5.91 Å². The first-order valence-corrected chi connectivity index (χ1v) is 7.45. The number of carbonyl (C=O) groups excluding carboxylic acids is 2. The molecule has 1 aliphatic carbocycles. The summed E-state index contributed by atoms with van der Waals surface area (Å²) in [5.74, 6) is 0.719. The molecular weight excluding hydrogens is 284 g/mol. The minimum atomic E-state index is -0.224. The topological polar surface area (TPSA) is 59.1 Å². The Labute approximate surface area is 129 Å². The number of ether oxygens (including phenoxy) is 2. The zero-order chi connectivity index (χ0) is 15.7. The van der Waals surface area contributed by atoms with Gasteiger partial charge in [0.25, 0.3) is 5.91 Å². The van der Waals surface area contributed by atoms with Crippen LogP contribution in [0.3, 0.4) is 0 Å². The number of hydrogen-bond acceptors (Lipinski definition) is 4. The van der Waals surface area contributed by atoms with E-state index in [0.717, 1.165) is 12.8 Å². The molecule has 0 atom stereocenters. The summed E-state index contributed by atoms with van der Waals surface area (Å²) in [5.41, 5.74) is 0.375. The van der Waals surface area contributed by atoms with Crippen LogP contribution in [0.4, 0.5) is 0 Å². The second-order valence-corrected chi connectivity index (χ2v) is 5.58. The van der Waals surface area contributed by atoms with Gasteiger partial charge in [0, 0.05) is 19.1 Å². The highest BCUT2D eigenvalue weighted by Gasteiger charge is 2.37. The molecule has 0 unspecified atom stereocenters. The van der Waals surface area contributed by atoms with Crippen molar-refractivity contribution >= 4 is 11.8 Å². The summed E-state index contributed by atoms with van der Waals surface area (Å²) in [7, 11) is 3.03. The summed E-state index contributed by atoms with van der Waals surface area (Å²) in [6, 6.07) is 5.60. The highest BCUT2D eigenvalue weighted by molar-refractivity contribution is 6.01. The Morgan fingerprint density at radius 3 is 2.27 bits per heavy atom. The predicted molar refractivity (Wildman–Crippen MR) is 80.2 cm³/mol. The van der Waals surface area contributed by atoms with Crippen LogP contribution in [-0.2, 0) is 4.79 Å². The Bertz CT molecular complexity index is 576. The van der Waals surface area contributed by atoms with Crippen molar-refractivity contribution in [1.29, 1.82) is 0 Å². The lowest BCUT2D eigenvalue weighted by Gasteiger charge is -2.34. The van der Waals surface area contributed by atoms with Crippen LogP contribution in [0.2, 0.25) is 0 Å². The molecule has 1 saturated heterocycles. The van der Waals surface area contributed by atoms with Crippen molar-refractivity contribution in [3.8, 4) is 11.5 Å². The van der Waals surface area contributed by atoms with Gasteiger partial charge in [-0.3, -0.25) is 9.59 Å². The van der Waals surface area contributed by atoms with E-state index in [1.54, 1.807) is 23.1 Å². The average molecular weight is 304 g/mol. The molecule has 6 heteroatoms. The monoisotopic (exact) mass is 304 g/mol. The normalized spacial score (nSPS) is 18.4. The first-order valence-electron chi connectivity index (χ1n) is 7.45. The zero-order valence-electron chi connectivity index (χ0n) is 12.9. The summed E-state index contributed by atoms with van der Waals surface area (Å²) < 4.78 is 10.5. The van der Waals surface area contributed by atoms with Gasteiger partial charge < -0.3 is 19.3 Å². The van der Waals surface area contributed by atoms with Gasteiger partial charge >= 0.3 is 0 Å². The van der Waals surface area contributed by atoms with Gasteiger partial charge in [-0.25, -0.2) is 0 Å². The molecule has 1 aromatic rings. The molecule has 3 rings (SSSR count). The number of carbonyl (C=O) groups is 2. The molecule has 1 saturated carbocycles. The van der Waals surface area contributed by atoms with E-state index in [-0.39, 0.29) is 18.4 Å². The van der Waals surface area contributed by atoms with E-state index < -0.39 is 0 Å². The Morgan fingerprint density at radius 1 is 1.14 bits per heavy atom. The molecule has 0 aromatic heterocycles. The molecule has 1 aromatic carbocycles. The minimum absolute atomic E-state index is 0.0240. The molecule has 0 spiro atoms. The Balaban J connectivity index is 1.81. The number of hydrogen-bond donors (Lipinski definition) is 0. The third-order valence-corrected chi connectivity index (χ3v) is 4.17.